The normalized spacial score (nSPS) is 18.1. The molecular weight excluding hydrogens is 489 g/mol. The molecule has 2 aromatic heterocycles. The van der Waals surface area contributed by atoms with E-state index in [9.17, 15) is 22.8 Å². The van der Waals surface area contributed by atoms with E-state index in [1.807, 2.05) is 0 Å². The number of alkyl halides is 3. The molecule has 3 aromatic rings. The minimum absolute atomic E-state index is 0.0541. The van der Waals surface area contributed by atoms with E-state index in [-0.39, 0.29) is 18.3 Å². The van der Waals surface area contributed by atoms with Crippen molar-refractivity contribution >= 4 is 12.0 Å². The summed E-state index contributed by atoms with van der Waals surface area (Å²) in [6.07, 6.45) is 0.0584. The van der Waals surface area contributed by atoms with Crippen molar-refractivity contribution in [2.45, 2.75) is 57.6 Å². The zero-order chi connectivity index (χ0) is 26.8. The van der Waals surface area contributed by atoms with Crippen LogP contribution in [-0.4, -0.2) is 61.1 Å². The molecule has 0 aliphatic carbocycles. The number of pyridine rings is 1. The second kappa shape index (κ2) is 10.2. The van der Waals surface area contributed by atoms with Crippen LogP contribution in [0.25, 0.3) is 11.1 Å². The smallest absolute Gasteiger partial charge is 0.416 e. The lowest BCUT2D eigenvalue weighted by molar-refractivity contribution is -0.137. The number of carbonyl (C=O) groups is 2. The maximum Gasteiger partial charge on any atom is 0.416 e. The van der Waals surface area contributed by atoms with E-state index >= 15 is 0 Å². The van der Waals surface area contributed by atoms with Crippen molar-refractivity contribution in [3.63, 3.8) is 0 Å². The molecule has 0 bridgehead atoms. The Morgan fingerprint density at radius 3 is 2.54 bits per heavy atom. The van der Waals surface area contributed by atoms with Crippen molar-refractivity contribution in [3.05, 3.63) is 66.2 Å². The van der Waals surface area contributed by atoms with Gasteiger partial charge in [0.25, 0.3) is 5.91 Å². The molecule has 3 heterocycles. The van der Waals surface area contributed by atoms with Gasteiger partial charge in [0.1, 0.15) is 11.3 Å². The molecule has 1 aromatic carbocycles. The van der Waals surface area contributed by atoms with Gasteiger partial charge in [0.05, 0.1) is 24.3 Å². The van der Waals surface area contributed by atoms with Crippen molar-refractivity contribution in [1.29, 1.82) is 0 Å². The number of aromatic nitrogens is 4. The van der Waals surface area contributed by atoms with Gasteiger partial charge in [-0.2, -0.15) is 13.2 Å². The van der Waals surface area contributed by atoms with Gasteiger partial charge in [0.2, 0.25) is 0 Å². The third-order valence-electron chi connectivity index (χ3n) is 5.76. The highest BCUT2D eigenvalue weighted by Crippen LogP contribution is 2.32. The summed E-state index contributed by atoms with van der Waals surface area (Å²) in [5.74, 6) is -0.496. The van der Waals surface area contributed by atoms with Crippen LogP contribution in [0.15, 0.2) is 55.0 Å². The fourth-order valence-electron chi connectivity index (χ4n) is 4.15. The number of nitrogens with one attached hydrogen (secondary N) is 1. The van der Waals surface area contributed by atoms with Crippen LogP contribution in [0.1, 0.15) is 43.2 Å². The van der Waals surface area contributed by atoms with Gasteiger partial charge >= 0.3 is 12.3 Å². The number of nitrogens with zero attached hydrogens (tertiary/aromatic N) is 5. The second-order valence-electron chi connectivity index (χ2n) is 9.83. The monoisotopic (exact) mass is 516 g/mol. The van der Waals surface area contributed by atoms with Crippen LogP contribution in [0.5, 0.6) is 0 Å². The Balaban J connectivity index is 1.49. The highest BCUT2D eigenvalue weighted by molar-refractivity contribution is 5.93. The highest BCUT2D eigenvalue weighted by atomic mass is 19.4. The molecule has 0 radical (unpaired) electrons. The van der Waals surface area contributed by atoms with E-state index in [1.165, 1.54) is 30.6 Å². The second-order valence-corrected chi connectivity index (χ2v) is 9.83. The van der Waals surface area contributed by atoms with Crippen molar-refractivity contribution in [2.75, 3.05) is 6.54 Å². The molecule has 2 amide bonds. The molecule has 1 N–H and O–H groups in total. The highest BCUT2D eigenvalue weighted by Gasteiger charge is 2.38. The van der Waals surface area contributed by atoms with Gasteiger partial charge in [-0.25, -0.2) is 4.79 Å². The first kappa shape index (κ1) is 26.1. The Kier molecular flexibility index (Phi) is 7.19. The lowest BCUT2D eigenvalue weighted by Gasteiger charge is -2.28. The number of ether oxygens (including phenoxy) is 1. The van der Waals surface area contributed by atoms with Gasteiger partial charge < -0.3 is 15.0 Å². The Bertz CT molecular complexity index is 1260. The molecule has 9 nitrogen and oxygen atoms in total. The van der Waals surface area contributed by atoms with Crippen molar-refractivity contribution in [1.82, 2.24) is 30.2 Å². The molecular formula is C25H27F3N6O3. The summed E-state index contributed by atoms with van der Waals surface area (Å²) in [4.78, 5) is 31.5. The number of halogens is 3. The summed E-state index contributed by atoms with van der Waals surface area (Å²) < 4.78 is 46.5. The molecule has 0 saturated carbocycles. The first-order chi connectivity index (χ1) is 17.4. The van der Waals surface area contributed by atoms with Crippen molar-refractivity contribution in [3.8, 4) is 11.1 Å². The molecule has 37 heavy (non-hydrogen) atoms. The molecule has 1 fully saturated rings. The number of rotatable bonds is 5. The van der Waals surface area contributed by atoms with E-state index in [4.69, 9.17) is 4.74 Å². The molecule has 1 aliphatic rings. The maximum atomic E-state index is 13.1. The quantitative estimate of drug-likeness (QED) is 0.546. The Labute approximate surface area is 211 Å². The minimum Gasteiger partial charge on any atom is -0.444 e. The topological polar surface area (TPSA) is 102 Å². The SMILES string of the molecule is CC(C)(C)OC(=O)N1C[C@H](NC(=O)c2cc(-c3cccc(C(F)(F)F)c3)ccn2)C[C@H]1Cn1ccnn1. The van der Waals surface area contributed by atoms with E-state index < -0.39 is 35.4 Å². The van der Waals surface area contributed by atoms with Crippen LogP contribution in [0.3, 0.4) is 0 Å². The molecule has 12 heteroatoms. The summed E-state index contributed by atoms with van der Waals surface area (Å²) in [5, 5.41) is 10.6. The summed E-state index contributed by atoms with van der Waals surface area (Å²) >= 11 is 0. The predicted octanol–water partition coefficient (Wildman–Crippen LogP) is 4.17. The summed E-state index contributed by atoms with van der Waals surface area (Å²) in [6.45, 7) is 5.91. The summed E-state index contributed by atoms with van der Waals surface area (Å²) in [7, 11) is 0. The Morgan fingerprint density at radius 2 is 1.86 bits per heavy atom. The lowest BCUT2D eigenvalue weighted by atomic mass is 10.0. The number of likely N-dealkylation sites (tertiary alicyclic amines) is 1. The fourth-order valence-corrected chi connectivity index (χ4v) is 4.15. The van der Waals surface area contributed by atoms with Gasteiger partial charge in [-0.1, -0.05) is 17.3 Å². The maximum absolute atomic E-state index is 13.1. The predicted molar refractivity (Wildman–Crippen MR) is 127 cm³/mol. The molecule has 2 atom stereocenters. The molecule has 0 unspecified atom stereocenters. The van der Waals surface area contributed by atoms with Crippen LogP contribution < -0.4 is 5.32 Å². The van der Waals surface area contributed by atoms with Gasteiger partial charge in [-0.05, 0) is 62.6 Å². The molecule has 4 rings (SSSR count). The van der Waals surface area contributed by atoms with Gasteiger partial charge in [0.15, 0.2) is 0 Å². The van der Waals surface area contributed by atoms with Gasteiger partial charge in [-0.15, -0.1) is 5.10 Å². The number of amides is 2. The number of benzene rings is 1. The van der Waals surface area contributed by atoms with E-state index in [0.29, 0.717) is 24.1 Å². The summed E-state index contributed by atoms with van der Waals surface area (Å²) in [6, 6.07) is 7.16. The molecule has 0 spiro atoms. The van der Waals surface area contributed by atoms with Crippen LogP contribution in [-0.2, 0) is 17.5 Å². The molecule has 1 aliphatic heterocycles. The number of hydrogen-bond donors (Lipinski definition) is 1. The van der Waals surface area contributed by atoms with E-state index in [0.717, 1.165) is 12.1 Å². The molecule has 196 valence electrons. The molecule has 1 saturated heterocycles. The number of carbonyl (C=O) groups excluding carboxylic acids is 2. The standard InChI is InChI=1S/C25H27F3N6O3/c1-24(2,3)37-23(36)34-14-19(13-20(34)15-33-10-9-30-32-33)31-22(35)21-12-17(7-8-29-21)16-5-4-6-18(11-16)25(26,27)28/h4-12,19-20H,13-15H2,1-3H3,(H,31,35)/t19-,20+/m1/s1. The van der Waals surface area contributed by atoms with Gasteiger partial charge in [-0.3, -0.25) is 14.5 Å². The average molecular weight is 517 g/mol. The zero-order valence-corrected chi connectivity index (χ0v) is 20.6. The van der Waals surface area contributed by atoms with Crippen LogP contribution in [0.4, 0.5) is 18.0 Å². The minimum atomic E-state index is -4.48. The van der Waals surface area contributed by atoms with Crippen LogP contribution >= 0.6 is 0 Å². The van der Waals surface area contributed by atoms with Crippen molar-refractivity contribution < 1.29 is 27.5 Å². The fraction of sp³-hybridized carbons (Fsp3) is 0.400. The summed E-state index contributed by atoms with van der Waals surface area (Å²) in [5.41, 5.74) is -0.671. The Morgan fingerprint density at radius 1 is 1.11 bits per heavy atom. The first-order valence-corrected chi connectivity index (χ1v) is 11.7. The van der Waals surface area contributed by atoms with E-state index in [1.54, 1.807) is 42.6 Å². The first-order valence-electron chi connectivity index (χ1n) is 11.7. The van der Waals surface area contributed by atoms with E-state index in [2.05, 4.69) is 20.6 Å². The largest absolute Gasteiger partial charge is 0.444 e. The zero-order valence-electron chi connectivity index (χ0n) is 20.6. The van der Waals surface area contributed by atoms with Crippen LogP contribution in [0, 0.1) is 0 Å². The number of hydrogen-bond acceptors (Lipinski definition) is 6. The van der Waals surface area contributed by atoms with Crippen LogP contribution in [0.2, 0.25) is 0 Å². The lowest BCUT2D eigenvalue weighted by Crippen LogP contribution is -2.43. The Hall–Kier alpha value is -3.96. The third-order valence-corrected chi connectivity index (χ3v) is 5.76. The van der Waals surface area contributed by atoms with Crippen molar-refractivity contribution in [2.24, 2.45) is 0 Å². The average Bonchev–Trinajstić information content (AvgIpc) is 3.48. The third kappa shape index (κ3) is 6.63. The van der Waals surface area contributed by atoms with Gasteiger partial charge in [0, 0.05) is 25.0 Å².